The second-order valence-corrected chi connectivity index (χ2v) is 5.29. The average molecular weight is 263 g/mol. The first-order chi connectivity index (χ1) is 7.57. The van der Waals surface area contributed by atoms with Crippen molar-refractivity contribution in [2.45, 2.75) is 52.5 Å². The third-order valence-corrected chi connectivity index (χ3v) is 3.80. The Labute approximate surface area is 112 Å². The molecule has 4 heteroatoms. The fraction of sp³-hybridized carbons (Fsp3) is 0.923. The first-order valence-corrected chi connectivity index (χ1v) is 6.58. The zero-order valence-electron chi connectivity index (χ0n) is 11.3. The summed E-state index contributed by atoms with van der Waals surface area (Å²) in [7, 11) is 0. The van der Waals surface area contributed by atoms with Crippen molar-refractivity contribution in [3.8, 4) is 0 Å². The van der Waals surface area contributed by atoms with Gasteiger partial charge in [-0.3, -0.25) is 4.79 Å². The number of halogens is 1. The average Bonchev–Trinajstić information content (AvgIpc) is 2.28. The number of hydrogen-bond donors (Lipinski definition) is 1. The molecule has 3 nitrogen and oxygen atoms in total. The van der Waals surface area contributed by atoms with Gasteiger partial charge in [0, 0.05) is 18.5 Å². The quantitative estimate of drug-likeness (QED) is 0.846. The van der Waals surface area contributed by atoms with E-state index >= 15 is 0 Å². The molecule has 1 heterocycles. The van der Waals surface area contributed by atoms with E-state index in [4.69, 9.17) is 5.73 Å². The Morgan fingerprint density at radius 1 is 1.35 bits per heavy atom. The number of piperidine rings is 1. The summed E-state index contributed by atoms with van der Waals surface area (Å²) in [4.78, 5) is 14.4. The van der Waals surface area contributed by atoms with Crippen molar-refractivity contribution in [1.82, 2.24) is 4.90 Å². The lowest BCUT2D eigenvalue weighted by atomic mass is 9.92. The summed E-state index contributed by atoms with van der Waals surface area (Å²) in [5, 5.41) is 0. The summed E-state index contributed by atoms with van der Waals surface area (Å²) in [6.07, 6.45) is 4.48. The number of rotatable bonds is 4. The van der Waals surface area contributed by atoms with E-state index in [1.165, 1.54) is 6.42 Å². The topological polar surface area (TPSA) is 46.3 Å². The summed E-state index contributed by atoms with van der Waals surface area (Å²) >= 11 is 0. The van der Waals surface area contributed by atoms with Crippen molar-refractivity contribution in [3.05, 3.63) is 0 Å². The van der Waals surface area contributed by atoms with Gasteiger partial charge in [0.15, 0.2) is 0 Å². The summed E-state index contributed by atoms with van der Waals surface area (Å²) in [6, 6.07) is 0.396. The number of amides is 1. The predicted molar refractivity (Wildman–Crippen MR) is 74.3 cm³/mol. The van der Waals surface area contributed by atoms with Crippen LogP contribution in [0.15, 0.2) is 0 Å². The van der Waals surface area contributed by atoms with Crippen LogP contribution in [-0.2, 0) is 4.79 Å². The van der Waals surface area contributed by atoms with Gasteiger partial charge in [-0.15, -0.1) is 12.4 Å². The van der Waals surface area contributed by atoms with Crippen LogP contribution >= 0.6 is 12.4 Å². The van der Waals surface area contributed by atoms with Gasteiger partial charge in [0.25, 0.3) is 0 Å². The van der Waals surface area contributed by atoms with Crippen molar-refractivity contribution in [1.29, 1.82) is 0 Å². The largest absolute Gasteiger partial charge is 0.339 e. The molecule has 0 spiro atoms. The Hall–Kier alpha value is -0.280. The van der Waals surface area contributed by atoms with Gasteiger partial charge in [-0.2, -0.15) is 0 Å². The lowest BCUT2D eigenvalue weighted by Crippen LogP contribution is -2.47. The van der Waals surface area contributed by atoms with Gasteiger partial charge in [-0.25, -0.2) is 0 Å². The maximum Gasteiger partial charge on any atom is 0.225 e. The summed E-state index contributed by atoms with van der Waals surface area (Å²) in [5.41, 5.74) is 5.62. The fourth-order valence-electron chi connectivity index (χ4n) is 2.33. The number of nitrogens with zero attached hydrogens (tertiary/aromatic N) is 1. The van der Waals surface area contributed by atoms with Crippen LogP contribution in [0.4, 0.5) is 0 Å². The third-order valence-electron chi connectivity index (χ3n) is 3.80. The van der Waals surface area contributed by atoms with Gasteiger partial charge >= 0.3 is 0 Å². The van der Waals surface area contributed by atoms with Gasteiger partial charge in [0.05, 0.1) is 0 Å². The smallest absolute Gasteiger partial charge is 0.225 e. The summed E-state index contributed by atoms with van der Waals surface area (Å²) < 4.78 is 0. The Morgan fingerprint density at radius 2 is 2.00 bits per heavy atom. The van der Waals surface area contributed by atoms with Crippen molar-refractivity contribution in [2.75, 3.05) is 13.1 Å². The summed E-state index contributed by atoms with van der Waals surface area (Å²) in [6.45, 7) is 7.89. The second kappa shape index (κ2) is 7.93. The molecule has 0 radical (unpaired) electrons. The minimum absolute atomic E-state index is 0. The van der Waals surface area contributed by atoms with Gasteiger partial charge in [0.1, 0.15) is 0 Å². The minimum atomic E-state index is 0. The van der Waals surface area contributed by atoms with Gasteiger partial charge in [0.2, 0.25) is 5.91 Å². The van der Waals surface area contributed by atoms with E-state index in [0.29, 0.717) is 24.4 Å². The zero-order valence-corrected chi connectivity index (χ0v) is 12.1. The van der Waals surface area contributed by atoms with Crippen LogP contribution in [0.25, 0.3) is 0 Å². The lowest BCUT2D eigenvalue weighted by Gasteiger charge is -2.38. The van der Waals surface area contributed by atoms with Crippen LogP contribution in [0.5, 0.6) is 0 Å². The fourth-order valence-corrected chi connectivity index (χ4v) is 2.33. The molecule has 17 heavy (non-hydrogen) atoms. The minimum Gasteiger partial charge on any atom is -0.339 e. The van der Waals surface area contributed by atoms with Crippen molar-refractivity contribution in [3.63, 3.8) is 0 Å². The third kappa shape index (κ3) is 4.47. The zero-order chi connectivity index (χ0) is 12.1. The van der Waals surface area contributed by atoms with Gasteiger partial charge < -0.3 is 10.6 Å². The van der Waals surface area contributed by atoms with E-state index in [1.807, 2.05) is 6.92 Å². The number of hydrogen-bond acceptors (Lipinski definition) is 2. The highest BCUT2D eigenvalue weighted by Gasteiger charge is 2.29. The highest BCUT2D eigenvalue weighted by molar-refractivity contribution is 5.85. The van der Waals surface area contributed by atoms with Crippen LogP contribution in [0.3, 0.4) is 0 Å². The Balaban J connectivity index is 0.00000256. The lowest BCUT2D eigenvalue weighted by molar-refractivity contribution is -0.140. The molecular formula is C13H27ClN2O. The Kier molecular flexibility index (Phi) is 7.80. The molecule has 2 atom stereocenters. The number of carbonyl (C=O) groups is 1. The highest BCUT2D eigenvalue weighted by Crippen LogP contribution is 2.23. The molecule has 1 amide bonds. The van der Waals surface area contributed by atoms with E-state index < -0.39 is 0 Å². The molecule has 102 valence electrons. The van der Waals surface area contributed by atoms with E-state index in [9.17, 15) is 4.79 Å². The van der Waals surface area contributed by atoms with E-state index in [-0.39, 0.29) is 18.3 Å². The van der Waals surface area contributed by atoms with Crippen molar-refractivity contribution >= 4 is 18.3 Å². The molecule has 1 fully saturated rings. The summed E-state index contributed by atoms with van der Waals surface area (Å²) in [5.74, 6) is 0.888. The monoisotopic (exact) mass is 262 g/mol. The molecule has 0 aromatic rings. The van der Waals surface area contributed by atoms with Crippen LogP contribution < -0.4 is 5.73 Å². The van der Waals surface area contributed by atoms with Crippen LogP contribution in [0.1, 0.15) is 46.5 Å². The van der Waals surface area contributed by atoms with Crippen molar-refractivity contribution in [2.24, 2.45) is 17.6 Å². The standard InChI is InChI=1S/C13H26N2O.ClH/c1-10(2)11(3)13(16)15-9-5-4-6-12(15)7-8-14;/h10-12H,4-9,14H2,1-3H3;1H. The highest BCUT2D eigenvalue weighted by atomic mass is 35.5. The van der Waals surface area contributed by atoms with Crippen molar-refractivity contribution < 1.29 is 4.79 Å². The molecule has 2 N–H and O–H groups in total. The number of nitrogens with two attached hydrogens (primary N) is 1. The first-order valence-electron chi connectivity index (χ1n) is 6.58. The molecule has 1 rings (SSSR count). The van der Waals surface area contributed by atoms with Gasteiger partial charge in [-0.1, -0.05) is 20.8 Å². The molecule has 0 saturated carbocycles. The van der Waals surface area contributed by atoms with Crippen LogP contribution in [0.2, 0.25) is 0 Å². The molecule has 0 aromatic carbocycles. The normalized spacial score (nSPS) is 22.2. The molecule has 1 aliphatic rings. The molecule has 0 aliphatic carbocycles. The molecule has 2 unspecified atom stereocenters. The molecule has 1 aliphatic heterocycles. The SMILES string of the molecule is CC(C)C(C)C(=O)N1CCCCC1CCN.Cl. The number of likely N-dealkylation sites (tertiary alicyclic amines) is 1. The molecular weight excluding hydrogens is 236 g/mol. The Bertz CT molecular complexity index is 231. The number of carbonyl (C=O) groups excluding carboxylic acids is 1. The van der Waals surface area contributed by atoms with Crippen LogP contribution in [-0.4, -0.2) is 29.9 Å². The van der Waals surface area contributed by atoms with Crippen LogP contribution in [0, 0.1) is 11.8 Å². The van der Waals surface area contributed by atoms with E-state index in [1.54, 1.807) is 0 Å². The molecule has 1 saturated heterocycles. The van der Waals surface area contributed by atoms with E-state index in [2.05, 4.69) is 18.7 Å². The van der Waals surface area contributed by atoms with Gasteiger partial charge in [-0.05, 0) is 38.1 Å². The Morgan fingerprint density at radius 3 is 2.53 bits per heavy atom. The predicted octanol–water partition coefficient (Wildman–Crippen LogP) is 2.43. The second-order valence-electron chi connectivity index (χ2n) is 5.29. The molecule has 0 aromatic heterocycles. The maximum absolute atomic E-state index is 12.3. The maximum atomic E-state index is 12.3. The van der Waals surface area contributed by atoms with E-state index in [0.717, 1.165) is 25.8 Å². The molecule has 0 bridgehead atoms. The first kappa shape index (κ1) is 16.7.